The van der Waals surface area contributed by atoms with Crippen LogP contribution < -0.4 is 5.32 Å². The van der Waals surface area contributed by atoms with Crippen LogP contribution in [0, 0.1) is 0 Å². The number of hydrogen-bond donors (Lipinski definition) is 1. The summed E-state index contributed by atoms with van der Waals surface area (Å²) in [5.74, 6) is 0. The van der Waals surface area contributed by atoms with E-state index in [1.165, 1.54) is 71.4 Å². The van der Waals surface area contributed by atoms with E-state index < -0.39 is 0 Å². The molecule has 0 aromatic rings. The maximum atomic E-state index is 3.60. The van der Waals surface area contributed by atoms with Gasteiger partial charge in [0, 0.05) is 38.3 Å². The molecule has 2 unspecified atom stereocenters. The molecule has 2 heterocycles. The summed E-state index contributed by atoms with van der Waals surface area (Å²) in [5.41, 5.74) is 0. The van der Waals surface area contributed by atoms with Gasteiger partial charge in [-0.1, -0.05) is 6.92 Å². The van der Waals surface area contributed by atoms with E-state index >= 15 is 0 Å². The molecule has 2 aliphatic rings. The van der Waals surface area contributed by atoms with Crippen molar-refractivity contribution in [1.82, 2.24) is 15.1 Å². The molecule has 3 nitrogen and oxygen atoms in total. The van der Waals surface area contributed by atoms with Crippen LogP contribution in [0.5, 0.6) is 0 Å². The van der Waals surface area contributed by atoms with Crippen LogP contribution in [0.25, 0.3) is 0 Å². The van der Waals surface area contributed by atoms with Crippen molar-refractivity contribution >= 4 is 0 Å². The van der Waals surface area contributed by atoms with Crippen LogP contribution in [0.4, 0.5) is 0 Å². The van der Waals surface area contributed by atoms with Crippen LogP contribution in [0.2, 0.25) is 0 Å². The van der Waals surface area contributed by atoms with E-state index in [-0.39, 0.29) is 0 Å². The molecule has 106 valence electrons. The lowest BCUT2D eigenvalue weighted by atomic mass is 10.1. The highest BCUT2D eigenvalue weighted by molar-refractivity contribution is 4.77. The van der Waals surface area contributed by atoms with E-state index in [4.69, 9.17) is 0 Å². The third kappa shape index (κ3) is 4.22. The highest BCUT2D eigenvalue weighted by Gasteiger charge is 2.20. The molecular weight excluding hydrogens is 222 g/mol. The standard InChI is InChI=1S/C15H31N3/c1-3-14(2)18-12-10-17(11-13-18)9-5-7-15-6-4-8-16-15/h14-16H,3-13H2,1-2H3. The van der Waals surface area contributed by atoms with Crippen molar-refractivity contribution < 1.29 is 0 Å². The topological polar surface area (TPSA) is 18.5 Å². The molecule has 0 radical (unpaired) electrons. The maximum Gasteiger partial charge on any atom is 0.0113 e. The van der Waals surface area contributed by atoms with Gasteiger partial charge in [-0.05, 0) is 52.1 Å². The summed E-state index contributed by atoms with van der Waals surface area (Å²) in [6.45, 7) is 12.3. The Kier molecular flexibility index (Phi) is 5.93. The van der Waals surface area contributed by atoms with Crippen molar-refractivity contribution in [2.24, 2.45) is 0 Å². The van der Waals surface area contributed by atoms with Gasteiger partial charge in [0.15, 0.2) is 0 Å². The number of nitrogens with zero attached hydrogens (tertiary/aromatic N) is 2. The molecule has 0 amide bonds. The first-order valence-electron chi connectivity index (χ1n) is 7.99. The smallest absolute Gasteiger partial charge is 0.0113 e. The number of nitrogens with one attached hydrogen (secondary N) is 1. The molecule has 2 fully saturated rings. The van der Waals surface area contributed by atoms with Gasteiger partial charge in [-0.15, -0.1) is 0 Å². The Labute approximate surface area is 113 Å². The van der Waals surface area contributed by atoms with Crippen molar-refractivity contribution in [3.05, 3.63) is 0 Å². The van der Waals surface area contributed by atoms with E-state index in [1.807, 2.05) is 0 Å². The van der Waals surface area contributed by atoms with Gasteiger partial charge in [0.25, 0.3) is 0 Å². The largest absolute Gasteiger partial charge is 0.314 e. The van der Waals surface area contributed by atoms with E-state index in [2.05, 4.69) is 29.0 Å². The lowest BCUT2D eigenvalue weighted by molar-refractivity contribution is 0.0991. The zero-order valence-electron chi connectivity index (χ0n) is 12.3. The number of rotatable bonds is 6. The third-order valence-electron chi connectivity index (χ3n) is 4.81. The second-order valence-corrected chi connectivity index (χ2v) is 6.07. The van der Waals surface area contributed by atoms with Gasteiger partial charge < -0.3 is 10.2 Å². The molecule has 0 bridgehead atoms. The van der Waals surface area contributed by atoms with Crippen LogP contribution in [0.3, 0.4) is 0 Å². The van der Waals surface area contributed by atoms with Crippen LogP contribution in [0.1, 0.15) is 46.0 Å². The average molecular weight is 253 g/mol. The van der Waals surface area contributed by atoms with E-state index in [0.717, 1.165) is 12.1 Å². The van der Waals surface area contributed by atoms with Gasteiger partial charge in [0.1, 0.15) is 0 Å². The van der Waals surface area contributed by atoms with E-state index in [1.54, 1.807) is 0 Å². The van der Waals surface area contributed by atoms with Crippen LogP contribution in [-0.4, -0.2) is 61.2 Å². The summed E-state index contributed by atoms with van der Waals surface area (Å²) in [6.07, 6.45) is 6.83. The Bertz CT molecular complexity index is 218. The molecule has 2 saturated heterocycles. The predicted octanol–water partition coefficient (Wildman–Crippen LogP) is 1.93. The highest BCUT2D eigenvalue weighted by Crippen LogP contribution is 2.13. The molecule has 0 aliphatic carbocycles. The summed E-state index contributed by atoms with van der Waals surface area (Å²) in [7, 11) is 0. The Morgan fingerprint density at radius 2 is 2.00 bits per heavy atom. The minimum absolute atomic E-state index is 0.773. The van der Waals surface area contributed by atoms with Crippen molar-refractivity contribution in [1.29, 1.82) is 0 Å². The molecule has 2 atom stereocenters. The first-order valence-corrected chi connectivity index (χ1v) is 7.99. The minimum atomic E-state index is 0.773. The van der Waals surface area contributed by atoms with Gasteiger partial charge in [-0.3, -0.25) is 4.90 Å². The Morgan fingerprint density at radius 1 is 1.22 bits per heavy atom. The van der Waals surface area contributed by atoms with Crippen molar-refractivity contribution in [2.75, 3.05) is 39.3 Å². The van der Waals surface area contributed by atoms with Crippen LogP contribution >= 0.6 is 0 Å². The normalized spacial score (nSPS) is 28.7. The summed E-state index contributed by atoms with van der Waals surface area (Å²) < 4.78 is 0. The monoisotopic (exact) mass is 253 g/mol. The Hall–Kier alpha value is -0.120. The fourth-order valence-electron chi connectivity index (χ4n) is 3.25. The van der Waals surface area contributed by atoms with Crippen LogP contribution in [-0.2, 0) is 0 Å². The molecular formula is C15H31N3. The van der Waals surface area contributed by atoms with Gasteiger partial charge in [0.05, 0.1) is 0 Å². The van der Waals surface area contributed by atoms with Gasteiger partial charge in [-0.2, -0.15) is 0 Å². The second-order valence-electron chi connectivity index (χ2n) is 6.07. The molecule has 2 aliphatic heterocycles. The van der Waals surface area contributed by atoms with Crippen molar-refractivity contribution in [3.63, 3.8) is 0 Å². The minimum Gasteiger partial charge on any atom is -0.314 e. The lowest BCUT2D eigenvalue weighted by Gasteiger charge is -2.38. The van der Waals surface area contributed by atoms with Gasteiger partial charge in [0.2, 0.25) is 0 Å². The Morgan fingerprint density at radius 3 is 2.61 bits per heavy atom. The van der Waals surface area contributed by atoms with Gasteiger partial charge in [-0.25, -0.2) is 0 Å². The number of hydrogen-bond acceptors (Lipinski definition) is 3. The van der Waals surface area contributed by atoms with Crippen molar-refractivity contribution in [3.8, 4) is 0 Å². The zero-order chi connectivity index (χ0) is 12.8. The molecule has 0 aromatic carbocycles. The fraction of sp³-hybridized carbons (Fsp3) is 1.00. The summed E-state index contributed by atoms with van der Waals surface area (Å²) in [4.78, 5) is 5.31. The summed E-state index contributed by atoms with van der Waals surface area (Å²) >= 11 is 0. The lowest BCUT2D eigenvalue weighted by Crippen LogP contribution is -2.49. The summed E-state index contributed by atoms with van der Waals surface area (Å²) in [5, 5.41) is 3.60. The number of piperazine rings is 1. The molecule has 3 heteroatoms. The predicted molar refractivity (Wildman–Crippen MR) is 78.0 cm³/mol. The Balaban J connectivity index is 1.55. The molecule has 0 spiro atoms. The summed E-state index contributed by atoms with van der Waals surface area (Å²) in [6, 6.07) is 1.60. The average Bonchev–Trinajstić information content (AvgIpc) is 2.92. The first-order chi connectivity index (χ1) is 8.79. The van der Waals surface area contributed by atoms with Gasteiger partial charge >= 0.3 is 0 Å². The second kappa shape index (κ2) is 7.46. The molecule has 2 rings (SSSR count). The first kappa shape index (κ1) is 14.3. The maximum absolute atomic E-state index is 3.60. The third-order valence-corrected chi connectivity index (χ3v) is 4.81. The molecule has 18 heavy (non-hydrogen) atoms. The highest BCUT2D eigenvalue weighted by atomic mass is 15.3. The van der Waals surface area contributed by atoms with Crippen molar-refractivity contribution in [2.45, 2.75) is 58.0 Å². The molecule has 0 aromatic heterocycles. The molecule has 0 saturated carbocycles. The van der Waals surface area contributed by atoms with Crippen LogP contribution in [0.15, 0.2) is 0 Å². The van der Waals surface area contributed by atoms with E-state index in [0.29, 0.717) is 0 Å². The van der Waals surface area contributed by atoms with E-state index in [9.17, 15) is 0 Å². The molecule has 1 N–H and O–H groups in total. The zero-order valence-corrected chi connectivity index (χ0v) is 12.3. The SMILES string of the molecule is CCC(C)N1CCN(CCCC2CCCN2)CC1. The quantitative estimate of drug-likeness (QED) is 0.780. The fourth-order valence-corrected chi connectivity index (χ4v) is 3.25.